The number of benzene rings is 5. The highest BCUT2D eigenvalue weighted by atomic mass is 16.3. The number of aromatic nitrogens is 2. The van der Waals surface area contributed by atoms with Gasteiger partial charge in [0, 0.05) is 30.4 Å². The zero-order valence-electron chi connectivity index (χ0n) is 27.1. The molecule has 2 amide bonds. The van der Waals surface area contributed by atoms with Crippen molar-refractivity contribution in [3.63, 3.8) is 0 Å². The SMILES string of the molecule is Nc1cc(C(=O)N([C@H](Cc2cnc[nH]2)C(=O)NCCc2ccc(O)c(O)c2)C(c2ccccc2)(c2ccccc2)c2ccccc2)ccc1O. The first-order valence-electron chi connectivity index (χ1n) is 16.1. The molecule has 10 nitrogen and oxygen atoms in total. The maximum Gasteiger partial charge on any atom is 0.255 e. The van der Waals surface area contributed by atoms with E-state index in [2.05, 4.69) is 15.3 Å². The van der Waals surface area contributed by atoms with Gasteiger partial charge in [0.25, 0.3) is 5.91 Å². The number of H-pyrrole nitrogens is 1. The van der Waals surface area contributed by atoms with E-state index >= 15 is 4.79 Å². The van der Waals surface area contributed by atoms with Crippen molar-refractivity contribution in [3.05, 3.63) is 173 Å². The van der Waals surface area contributed by atoms with Crippen molar-refractivity contribution in [2.75, 3.05) is 12.3 Å². The second-order valence-electron chi connectivity index (χ2n) is 11.9. The summed E-state index contributed by atoms with van der Waals surface area (Å²) in [5.74, 6) is -1.60. The third-order valence-corrected chi connectivity index (χ3v) is 8.76. The van der Waals surface area contributed by atoms with Gasteiger partial charge in [-0.15, -0.1) is 0 Å². The molecule has 252 valence electrons. The number of aromatic amines is 1. The number of nitrogens with two attached hydrogens (primary N) is 1. The van der Waals surface area contributed by atoms with Gasteiger partial charge in [0.2, 0.25) is 5.91 Å². The quantitative estimate of drug-likeness (QED) is 0.0569. The van der Waals surface area contributed by atoms with Gasteiger partial charge in [-0.2, -0.15) is 0 Å². The van der Waals surface area contributed by atoms with Gasteiger partial charge >= 0.3 is 0 Å². The number of phenols is 3. The Morgan fingerprint density at radius 3 is 1.86 bits per heavy atom. The molecule has 7 N–H and O–H groups in total. The Morgan fingerprint density at radius 1 is 0.760 bits per heavy atom. The van der Waals surface area contributed by atoms with Crippen molar-refractivity contribution in [2.45, 2.75) is 24.4 Å². The van der Waals surface area contributed by atoms with E-state index in [1.165, 1.54) is 36.7 Å². The molecule has 1 atom stereocenters. The topological polar surface area (TPSA) is 165 Å². The van der Waals surface area contributed by atoms with E-state index in [0.29, 0.717) is 17.7 Å². The Bertz CT molecular complexity index is 1960. The minimum Gasteiger partial charge on any atom is -0.506 e. The van der Waals surface area contributed by atoms with E-state index in [1.807, 2.05) is 91.0 Å². The molecule has 0 saturated heterocycles. The summed E-state index contributed by atoms with van der Waals surface area (Å²) >= 11 is 0. The Kier molecular flexibility index (Phi) is 9.80. The Balaban J connectivity index is 1.58. The van der Waals surface area contributed by atoms with Crippen molar-refractivity contribution >= 4 is 17.5 Å². The van der Waals surface area contributed by atoms with Crippen LogP contribution in [0.25, 0.3) is 0 Å². The molecular formula is C40H37N5O5. The van der Waals surface area contributed by atoms with Crippen molar-refractivity contribution in [2.24, 2.45) is 0 Å². The summed E-state index contributed by atoms with van der Waals surface area (Å²) in [6.45, 7) is 0.172. The number of nitrogen functional groups attached to an aromatic ring is 1. The lowest BCUT2D eigenvalue weighted by molar-refractivity contribution is -0.127. The molecule has 6 rings (SSSR count). The summed E-state index contributed by atoms with van der Waals surface area (Å²) in [4.78, 5) is 39.0. The number of imidazole rings is 1. The first-order valence-corrected chi connectivity index (χ1v) is 16.1. The number of nitrogens with zero attached hydrogens (tertiary/aromatic N) is 2. The molecule has 50 heavy (non-hydrogen) atoms. The van der Waals surface area contributed by atoms with E-state index in [9.17, 15) is 20.1 Å². The van der Waals surface area contributed by atoms with Gasteiger partial charge in [-0.05, 0) is 59.0 Å². The Hall–Kier alpha value is -6.55. The van der Waals surface area contributed by atoms with Crippen LogP contribution in [0.15, 0.2) is 140 Å². The number of carbonyl (C=O) groups excluding carboxylic acids is 2. The van der Waals surface area contributed by atoms with Gasteiger partial charge in [0.15, 0.2) is 11.5 Å². The Labute approximate surface area is 289 Å². The molecule has 1 heterocycles. The van der Waals surface area contributed by atoms with Gasteiger partial charge in [-0.3, -0.25) is 9.59 Å². The van der Waals surface area contributed by atoms with Crippen molar-refractivity contribution < 1.29 is 24.9 Å². The standard InChI is InChI=1S/C40H37N5O5/c41-33-23-28(17-19-35(33)46)39(50)45(34(24-32-25-42-26-44-32)38(49)43-21-20-27-16-18-36(47)37(48)22-27)40(29-10-4-1-5-11-29,30-12-6-2-7-13-30)31-14-8-3-9-15-31/h1-19,22-23,25-26,34,46-48H,20-21,24,41H2,(H,42,44)(H,43,49)/t34-/m1/s1. The number of nitrogens with one attached hydrogen (secondary N) is 2. The van der Waals surface area contributed by atoms with E-state index in [-0.39, 0.29) is 41.5 Å². The van der Waals surface area contributed by atoms with Gasteiger partial charge in [-0.25, -0.2) is 4.98 Å². The highest BCUT2D eigenvalue weighted by molar-refractivity contribution is 6.00. The normalized spacial score (nSPS) is 11.8. The lowest BCUT2D eigenvalue weighted by Gasteiger charge is -2.48. The molecule has 0 bridgehead atoms. The second kappa shape index (κ2) is 14.7. The fourth-order valence-electron chi connectivity index (χ4n) is 6.39. The van der Waals surface area contributed by atoms with Crippen LogP contribution in [0, 0.1) is 0 Å². The highest BCUT2D eigenvalue weighted by Crippen LogP contribution is 2.45. The lowest BCUT2D eigenvalue weighted by atomic mass is 9.74. The first kappa shape index (κ1) is 33.4. The van der Waals surface area contributed by atoms with E-state index in [1.54, 1.807) is 17.2 Å². The fraction of sp³-hybridized carbons (Fsp3) is 0.125. The van der Waals surface area contributed by atoms with Crippen LogP contribution in [0.1, 0.15) is 38.3 Å². The maximum absolute atomic E-state index is 15.3. The molecule has 0 fully saturated rings. The summed E-state index contributed by atoms with van der Waals surface area (Å²) in [5.41, 5.74) is 8.51. The summed E-state index contributed by atoms with van der Waals surface area (Å²) in [7, 11) is 0. The molecule has 0 aliphatic rings. The fourth-order valence-corrected chi connectivity index (χ4v) is 6.39. The number of carbonyl (C=O) groups is 2. The monoisotopic (exact) mass is 667 g/mol. The minimum atomic E-state index is -1.36. The molecule has 0 spiro atoms. The van der Waals surface area contributed by atoms with Crippen molar-refractivity contribution in [1.29, 1.82) is 0 Å². The summed E-state index contributed by atoms with van der Waals surface area (Å²) < 4.78 is 0. The predicted molar refractivity (Wildman–Crippen MR) is 190 cm³/mol. The number of rotatable bonds is 12. The zero-order valence-corrected chi connectivity index (χ0v) is 27.1. The summed E-state index contributed by atoms with van der Waals surface area (Å²) in [6, 6.07) is 36.4. The van der Waals surface area contributed by atoms with Crippen molar-refractivity contribution in [3.8, 4) is 17.2 Å². The van der Waals surface area contributed by atoms with Crippen LogP contribution in [-0.2, 0) is 23.2 Å². The molecule has 10 heteroatoms. The van der Waals surface area contributed by atoms with Gasteiger partial charge in [-0.1, -0.05) is 97.1 Å². The van der Waals surface area contributed by atoms with Crippen LogP contribution < -0.4 is 11.1 Å². The number of hydrogen-bond donors (Lipinski definition) is 6. The van der Waals surface area contributed by atoms with E-state index < -0.39 is 23.4 Å². The Morgan fingerprint density at radius 2 is 1.34 bits per heavy atom. The average molecular weight is 668 g/mol. The third-order valence-electron chi connectivity index (χ3n) is 8.76. The summed E-state index contributed by atoms with van der Waals surface area (Å²) in [5, 5.41) is 33.1. The molecule has 0 radical (unpaired) electrons. The molecular weight excluding hydrogens is 630 g/mol. The second-order valence-corrected chi connectivity index (χ2v) is 11.9. The minimum absolute atomic E-state index is 0.0206. The lowest BCUT2D eigenvalue weighted by Crippen LogP contribution is -2.61. The molecule has 0 aliphatic carbocycles. The highest BCUT2D eigenvalue weighted by Gasteiger charge is 2.50. The van der Waals surface area contributed by atoms with Crippen LogP contribution >= 0.6 is 0 Å². The third kappa shape index (κ3) is 6.72. The smallest absolute Gasteiger partial charge is 0.255 e. The maximum atomic E-state index is 15.3. The van der Waals surface area contributed by atoms with Crippen LogP contribution in [0.5, 0.6) is 17.2 Å². The number of anilines is 1. The van der Waals surface area contributed by atoms with Gasteiger partial charge in [0.05, 0.1) is 12.0 Å². The number of aromatic hydroxyl groups is 3. The average Bonchev–Trinajstić information content (AvgIpc) is 3.67. The van der Waals surface area contributed by atoms with Crippen LogP contribution in [-0.4, -0.2) is 54.6 Å². The molecule has 0 unspecified atom stereocenters. The molecule has 0 saturated carbocycles. The van der Waals surface area contributed by atoms with Gasteiger partial charge in [0.1, 0.15) is 17.3 Å². The van der Waals surface area contributed by atoms with E-state index in [0.717, 1.165) is 16.7 Å². The summed E-state index contributed by atoms with van der Waals surface area (Å²) in [6.07, 6.45) is 3.56. The predicted octanol–water partition coefficient (Wildman–Crippen LogP) is 5.51. The number of phenolic OH excluding ortho intramolecular Hbond substituents is 3. The van der Waals surface area contributed by atoms with Crippen LogP contribution in [0.2, 0.25) is 0 Å². The molecule has 5 aromatic carbocycles. The van der Waals surface area contributed by atoms with Crippen LogP contribution in [0.4, 0.5) is 5.69 Å². The zero-order chi connectivity index (χ0) is 35.1. The molecule has 1 aromatic heterocycles. The van der Waals surface area contributed by atoms with Gasteiger partial charge < -0.3 is 36.3 Å². The molecule has 0 aliphatic heterocycles. The van der Waals surface area contributed by atoms with Crippen molar-refractivity contribution in [1.82, 2.24) is 20.2 Å². The first-order chi connectivity index (χ1) is 24.3. The number of amides is 2. The number of hydrogen-bond acceptors (Lipinski definition) is 7. The molecule has 6 aromatic rings. The van der Waals surface area contributed by atoms with E-state index in [4.69, 9.17) is 5.73 Å². The van der Waals surface area contributed by atoms with Crippen LogP contribution in [0.3, 0.4) is 0 Å². The largest absolute Gasteiger partial charge is 0.506 e.